The number of carbonyl (C=O) groups is 1. The maximum absolute atomic E-state index is 10.3. The summed E-state index contributed by atoms with van der Waals surface area (Å²) in [6, 6.07) is 1.69. The van der Waals surface area contributed by atoms with Crippen LogP contribution in [0.3, 0.4) is 0 Å². The van der Waals surface area contributed by atoms with Crippen molar-refractivity contribution in [1.82, 2.24) is 9.78 Å². The Kier molecular flexibility index (Phi) is 2.21. The number of nitrogens with zero attached hydrogens (tertiary/aromatic N) is 2. The average Bonchev–Trinajstić information content (AvgIpc) is 2.30. The lowest BCUT2D eigenvalue weighted by Crippen LogP contribution is -2.00. The second-order valence-corrected chi connectivity index (χ2v) is 2.64. The van der Waals surface area contributed by atoms with Gasteiger partial charge in [-0.25, -0.2) is 0 Å². The summed E-state index contributed by atoms with van der Waals surface area (Å²) in [7, 11) is 0. The highest BCUT2D eigenvalue weighted by Gasteiger charge is 2.01. The molecule has 0 saturated carbocycles. The van der Waals surface area contributed by atoms with E-state index in [1.165, 1.54) is 0 Å². The Morgan fingerprint density at radius 1 is 1.90 bits per heavy atom. The molecule has 4 heteroatoms. The normalized spacial score (nSPS) is 9.80. The van der Waals surface area contributed by atoms with Crippen molar-refractivity contribution >= 4 is 22.2 Å². The molecule has 3 nitrogen and oxygen atoms in total. The molecule has 1 rings (SSSR count). The van der Waals surface area contributed by atoms with E-state index in [0.29, 0.717) is 10.3 Å². The fourth-order valence-corrected chi connectivity index (χ4v) is 1.17. The van der Waals surface area contributed by atoms with Gasteiger partial charge in [0, 0.05) is 12.6 Å². The molecule has 0 aliphatic carbocycles. The van der Waals surface area contributed by atoms with Crippen LogP contribution in [0.4, 0.5) is 0 Å². The number of hydrogen-bond acceptors (Lipinski definition) is 2. The van der Waals surface area contributed by atoms with Crippen LogP contribution >= 0.6 is 15.9 Å². The molecule has 0 atom stereocenters. The summed E-state index contributed by atoms with van der Waals surface area (Å²) < 4.78 is 2.34. The number of hydrogen-bond donors (Lipinski definition) is 0. The molecule has 54 valence electrons. The number of aromatic nitrogens is 2. The third-order valence-corrected chi connectivity index (χ3v) is 1.59. The van der Waals surface area contributed by atoms with E-state index in [4.69, 9.17) is 0 Å². The van der Waals surface area contributed by atoms with Gasteiger partial charge in [-0.3, -0.25) is 9.48 Å². The van der Waals surface area contributed by atoms with E-state index in [9.17, 15) is 4.79 Å². The summed E-state index contributed by atoms with van der Waals surface area (Å²) in [5, 5.41) is 4.00. The second-order valence-electron chi connectivity index (χ2n) is 1.83. The van der Waals surface area contributed by atoms with Crippen LogP contribution in [0.5, 0.6) is 0 Å². The van der Waals surface area contributed by atoms with Crippen LogP contribution < -0.4 is 0 Å². The fraction of sp³-hybridized carbons (Fsp3) is 0.333. The molecule has 1 aromatic heterocycles. The van der Waals surface area contributed by atoms with Gasteiger partial charge in [0.05, 0.1) is 0 Å². The minimum atomic E-state index is 0.606. The molecule has 0 bridgehead atoms. The first-order valence-electron chi connectivity index (χ1n) is 2.96. The van der Waals surface area contributed by atoms with E-state index in [1.54, 1.807) is 10.7 Å². The van der Waals surface area contributed by atoms with Gasteiger partial charge in [0.25, 0.3) is 0 Å². The zero-order valence-corrected chi connectivity index (χ0v) is 7.13. The number of carbonyl (C=O) groups excluding carboxylic acids is 1. The van der Waals surface area contributed by atoms with Crippen molar-refractivity contribution in [2.45, 2.75) is 13.5 Å². The van der Waals surface area contributed by atoms with Gasteiger partial charge < -0.3 is 0 Å². The molecule has 0 aromatic carbocycles. The first kappa shape index (κ1) is 7.47. The summed E-state index contributed by atoms with van der Waals surface area (Å²) in [5.74, 6) is 0. The summed E-state index contributed by atoms with van der Waals surface area (Å²) in [6.45, 7) is 2.66. The van der Waals surface area contributed by atoms with E-state index < -0.39 is 0 Å². The van der Waals surface area contributed by atoms with Crippen molar-refractivity contribution in [3.63, 3.8) is 0 Å². The molecular weight excluding hydrogens is 196 g/mol. The average molecular weight is 203 g/mol. The lowest BCUT2D eigenvalue weighted by atomic mass is 10.5. The van der Waals surface area contributed by atoms with Crippen LogP contribution in [0.15, 0.2) is 10.7 Å². The Morgan fingerprint density at radius 2 is 2.60 bits per heavy atom. The van der Waals surface area contributed by atoms with Crippen LogP contribution in [0.1, 0.15) is 17.4 Å². The highest BCUT2D eigenvalue weighted by Crippen LogP contribution is 2.08. The van der Waals surface area contributed by atoms with E-state index in [1.807, 2.05) is 6.92 Å². The molecule has 0 aliphatic heterocycles. The predicted molar refractivity (Wildman–Crippen MR) is 41.0 cm³/mol. The highest BCUT2D eigenvalue weighted by molar-refractivity contribution is 9.10. The van der Waals surface area contributed by atoms with E-state index >= 15 is 0 Å². The van der Waals surface area contributed by atoms with Gasteiger partial charge in [0.2, 0.25) is 0 Å². The minimum absolute atomic E-state index is 0.606. The maximum Gasteiger partial charge on any atom is 0.168 e. The summed E-state index contributed by atoms with van der Waals surface area (Å²) >= 11 is 3.17. The predicted octanol–water partition coefficient (Wildman–Crippen LogP) is 1.48. The SMILES string of the molecule is CCn1nc(Br)cc1C=O. The quantitative estimate of drug-likeness (QED) is 0.682. The van der Waals surface area contributed by atoms with Gasteiger partial charge in [-0.1, -0.05) is 0 Å². The monoisotopic (exact) mass is 202 g/mol. The molecular formula is C6H7BrN2O. The van der Waals surface area contributed by atoms with Gasteiger partial charge in [0.1, 0.15) is 10.3 Å². The molecule has 0 spiro atoms. The van der Waals surface area contributed by atoms with Crippen molar-refractivity contribution < 1.29 is 4.79 Å². The molecule has 0 amide bonds. The standard InChI is InChI=1S/C6H7BrN2O/c1-2-9-5(4-10)3-6(7)8-9/h3-4H,2H2,1H3. The van der Waals surface area contributed by atoms with Crippen molar-refractivity contribution in [2.75, 3.05) is 0 Å². The molecule has 10 heavy (non-hydrogen) atoms. The van der Waals surface area contributed by atoms with Gasteiger partial charge in [-0.05, 0) is 22.9 Å². The van der Waals surface area contributed by atoms with Gasteiger partial charge in [-0.2, -0.15) is 5.10 Å². The number of halogens is 1. The third kappa shape index (κ3) is 1.26. The zero-order chi connectivity index (χ0) is 7.56. The topological polar surface area (TPSA) is 34.9 Å². The third-order valence-electron chi connectivity index (χ3n) is 1.20. The maximum atomic E-state index is 10.3. The summed E-state index contributed by atoms with van der Waals surface area (Å²) in [4.78, 5) is 10.3. The van der Waals surface area contributed by atoms with Crippen LogP contribution in [0.2, 0.25) is 0 Å². The zero-order valence-electron chi connectivity index (χ0n) is 5.54. The number of rotatable bonds is 2. The van der Waals surface area contributed by atoms with Crippen molar-refractivity contribution in [2.24, 2.45) is 0 Å². The molecule has 1 aromatic rings. The first-order valence-corrected chi connectivity index (χ1v) is 3.75. The molecule has 0 unspecified atom stereocenters. The van der Waals surface area contributed by atoms with Crippen LogP contribution in [0, 0.1) is 0 Å². The van der Waals surface area contributed by atoms with Crippen LogP contribution in [-0.4, -0.2) is 16.1 Å². The molecule has 1 heterocycles. The summed E-state index contributed by atoms with van der Waals surface area (Å²) in [5.41, 5.74) is 0.606. The largest absolute Gasteiger partial charge is 0.296 e. The fourth-order valence-electron chi connectivity index (χ4n) is 0.747. The smallest absolute Gasteiger partial charge is 0.168 e. The lowest BCUT2D eigenvalue weighted by molar-refractivity contribution is 0.111. The summed E-state index contributed by atoms with van der Waals surface area (Å²) in [6.07, 6.45) is 0.793. The Labute approximate surface area is 67.2 Å². The first-order chi connectivity index (χ1) is 4.77. The Bertz CT molecular complexity index is 244. The number of aryl methyl sites for hydroxylation is 1. The Morgan fingerprint density at radius 3 is 3.00 bits per heavy atom. The van der Waals surface area contributed by atoms with E-state index in [0.717, 1.165) is 12.8 Å². The minimum Gasteiger partial charge on any atom is -0.296 e. The second kappa shape index (κ2) is 2.96. The van der Waals surface area contributed by atoms with Crippen molar-refractivity contribution in [3.8, 4) is 0 Å². The van der Waals surface area contributed by atoms with Crippen LogP contribution in [-0.2, 0) is 6.54 Å². The molecule has 0 fully saturated rings. The van der Waals surface area contributed by atoms with Crippen molar-refractivity contribution in [3.05, 3.63) is 16.4 Å². The molecule has 0 N–H and O–H groups in total. The van der Waals surface area contributed by atoms with Crippen LogP contribution in [0.25, 0.3) is 0 Å². The van der Waals surface area contributed by atoms with Gasteiger partial charge >= 0.3 is 0 Å². The van der Waals surface area contributed by atoms with Crippen molar-refractivity contribution in [1.29, 1.82) is 0 Å². The molecule has 0 radical (unpaired) electrons. The molecule has 0 saturated heterocycles. The highest BCUT2D eigenvalue weighted by atomic mass is 79.9. The van der Waals surface area contributed by atoms with E-state index in [2.05, 4.69) is 21.0 Å². The Balaban J connectivity index is 3.08. The number of aldehydes is 1. The van der Waals surface area contributed by atoms with Gasteiger partial charge in [-0.15, -0.1) is 0 Å². The Hall–Kier alpha value is -0.640. The van der Waals surface area contributed by atoms with E-state index in [-0.39, 0.29) is 0 Å². The molecule has 0 aliphatic rings. The lowest BCUT2D eigenvalue weighted by Gasteiger charge is -1.94. The van der Waals surface area contributed by atoms with Gasteiger partial charge in [0.15, 0.2) is 6.29 Å².